The molecular formula is C15H21NO4. The Morgan fingerprint density at radius 2 is 2.00 bits per heavy atom. The molecule has 0 heterocycles. The van der Waals surface area contributed by atoms with Crippen LogP contribution in [0.3, 0.4) is 0 Å². The Balaban J connectivity index is 2.93. The Morgan fingerprint density at radius 1 is 1.30 bits per heavy atom. The fourth-order valence-electron chi connectivity index (χ4n) is 2.03. The first-order valence-corrected chi connectivity index (χ1v) is 6.52. The Kier molecular flexibility index (Phi) is 5.55. The fraction of sp³-hybridized carbons (Fsp3) is 0.467. The lowest BCUT2D eigenvalue weighted by Gasteiger charge is -2.27. The average molecular weight is 279 g/mol. The quantitative estimate of drug-likeness (QED) is 0.810. The Hall–Kier alpha value is -2.04. The number of rotatable bonds is 6. The zero-order valence-corrected chi connectivity index (χ0v) is 12.4. The van der Waals surface area contributed by atoms with Crippen LogP contribution in [0.1, 0.15) is 37.0 Å². The van der Waals surface area contributed by atoms with E-state index in [1.807, 2.05) is 6.92 Å². The van der Waals surface area contributed by atoms with Crippen molar-refractivity contribution < 1.29 is 19.1 Å². The van der Waals surface area contributed by atoms with Gasteiger partial charge in [-0.3, -0.25) is 4.79 Å². The third-order valence-electron chi connectivity index (χ3n) is 3.11. The summed E-state index contributed by atoms with van der Waals surface area (Å²) in [4.78, 5) is 24.1. The van der Waals surface area contributed by atoms with Crippen LogP contribution in [-0.2, 0) is 9.53 Å². The van der Waals surface area contributed by atoms with Gasteiger partial charge in [-0.15, -0.1) is 0 Å². The second kappa shape index (κ2) is 6.93. The number of carbonyl (C=O) groups excluding carboxylic acids is 2. The van der Waals surface area contributed by atoms with Crippen molar-refractivity contribution in [3.8, 4) is 5.75 Å². The third kappa shape index (κ3) is 3.73. The number of carbonyl (C=O) groups is 2. The third-order valence-corrected chi connectivity index (χ3v) is 3.11. The molecule has 0 aromatic heterocycles. The molecule has 110 valence electrons. The average Bonchev–Trinajstić information content (AvgIpc) is 2.46. The number of hydrogen-bond acceptors (Lipinski definition) is 4. The summed E-state index contributed by atoms with van der Waals surface area (Å²) in [6.45, 7) is 3.61. The van der Waals surface area contributed by atoms with Crippen LogP contribution in [0.25, 0.3) is 0 Å². The molecule has 0 saturated carbocycles. The number of nitrogens with one attached hydrogen (secondary N) is 1. The van der Waals surface area contributed by atoms with Crippen molar-refractivity contribution in [2.75, 3.05) is 14.2 Å². The summed E-state index contributed by atoms with van der Waals surface area (Å²) in [5.74, 6) is -0.186. The van der Waals surface area contributed by atoms with Gasteiger partial charge in [0.1, 0.15) is 11.3 Å². The van der Waals surface area contributed by atoms with Crippen LogP contribution in [0.15, 0.2) is 24.3 Å². The largest absolute Gasteiger partial charge is 0.497 e. The maximum absolute atomic E-state index is 12.2. The van der Waals surface area contributed by atoms with Gasteiger partial charge in [-0.25, -0.2) is 4.79 Å². The van der Waals surface area contributed by atoms with Crippen LogP contribution >= 0.6 is 0 Å². The molecule has 1 aromatic rings. The van der Waals surface area contributed by atoms with E-state index < -0.39 is 11.5 Å². The number of methoxy groups -OCH3 is 2. The monoisotopic (exact) mass is 279 g/mol. The topological polar surface area (TPSA) is 64.6 Å². The maximum atomic E-state index is 12.2. The molecular weight excluding hydrogens is 258 g/mol. The lowest BCUT2D eigenvalue weighted by molar-refractivity contribution is -0.147. The van der Waals surface area contributed by atoms with Gasteiger partial charge in [-0.05, 0) is 31.5 Å². The zero-order valence-electron chi connectivity index (χ0n) is 12.4. The molecule has 0 aliphatic carbocycles. The first-order valence-electron chi connectivity index (χ1n) is 6.52. The highest BCUT2D eigenvalue weighted by Gasteiger charge is 2.35. The second-order valence-corrected chi connectivity index (χ2v) is 4.76. The highest BCUT2D eigenvalue weighted by molar-refractivity contribution is 5.98. The molecule has 5 nitrogen and oxygen atoms in total. The number of benzene rings is 1. The van der Waals surface area contributed by atoms with Gasteiger partial charge in [0, 0.05) is 5.56 Å². The summed E-state index contributed by atoms with van der Waals surface area (Å²) < 4.78 is 9.85. The smallest absolute Gasteiger partial charge is 0.331 e. The Bertz CT molecular complexity index is 487. The van der Waals surface area contributed by atoms with E-state index in [4.69, 9.17) is 9.47 Å². The SMILES string of the molecule is CCCC(C)(NC(=O)c1cccc(OC)c1)C(=O)OC. The van der Waals surface area contributed by atoms with Crippen molar-refractivity contribution in [3.63, 3.8) is 0 Å². The molecule has 1 rings (SSSR count). The molecule has 0 spiro atoms. The van der Waals surface area contributed by atoms with Crippen molar-refractivity contribution in [2.24, 2.45) is 0 Å². The number of esters is 1. The normalized spacial score (nSPS) is 13.2. The van der Waals surface area contributed by atoms with E-state index in [-0.39, 0.29) is 5.91 Å². The molecule has 1 N–H and O–H groups in total. The van der Waals surface area contributed by atoms with Crippen molar-refractivity contribution in [2.45, 2.75) is 32.2 Å². The molecule has 20 heavy (non-hydrogen) atoms. The maximum Gasteiger partial charge on any atom is 0.331 e. The van der Waals surface area contributed by atoms with Crippen molar-refractivity contribution >= 4 is 11.9 Å². The minimum absolute atomic E-state index is 0.328. The molecule has 0 radical (unpaired) electrons. The van der Waals surface area contributed by atoms with Gasteiger partial charge in [-0.1, -0.05) is 19.4 Å². The molecule has 0 aliphatic heterocycles. The standard InChI is InChI=1S/C15H21NO4/c1-5-9-15(2,14(18)20-4)16-13(17)11-7-6-8-12(10-11)19-3/h6-8,10H,5,9H2,1-4H3,(H,16,17). The molecule has 0 saturated heterocycles. The first kappa shape index (κ1) is 16.0. The van der Waals surface area contributed by atoms with E-state index in [1.165, 1.54) is 14.2 Å². The van der Waals surface area contributed by atoms with Gasteiger partial charge in [0.05, 0.1) is 14.2 Å². The highest BCUT2D eigenvalue weighted by atomic mass is 16.5. The van der Waals surface area contributed by atoms with Crippen LogP contribution in [0.5, 0.6) is 5.75 Å². The zero-order chi connectivity index (χ0) is 15.2. The van der Waals surface area contributed by atoms with Crippen molar-refractivity contribution in [3.05, 3.63) is 29.8 Å². The Morgan fingerprint density at radius 3 is 2.55 bits per heavy atom. The van der Waals surface area contributed by atoms with E-state index in [9.17, 15) is 9.59 Å². The lowest BCUT2D eigenvalue weighted by atomic mass is 9.95. The van der Waals surface area contributed by atoms with E-state index >= 15 is 0 Å². The minimum atomic E-state index is -1.02. The van der Waals surface area contributed by atoms with Gasteiger partial charge in [-0.2, -0.15) is 0 Å². The number of hydrogen-bond donors (Lipinski definition) is 1. The summed E-state index contributed by atoms with van der Waals surface area (Å²) in [5.41, 5.74) is -0.584. The van der Waals surface area contributed by atoms with E-state index in [2.05, 4.69) is 5.32 Å². The van der Waals surface area contributed by atoms with Gasteiger partial charge in [0.2, 0.25) is 0 Å². The van der Waals surface area contributed by atoms with Crippen LogP contribution in [-0.4, -0.2) is 31.6 Å². The molecule has 0 fully saturated rings. The fourth-order valence-corrected chi connectivity index (χ4v) is 2.03. The van der Waals surface area contributed by atoms with E-state index in [0.29, 0.717) is 17.7 Å². The lowest BCUT2D eigenvalue weighted by Crippen LogP contribution is -2.52. The summed E-state index contributed by atoms with van der Waals surface area (Å²) in [7, 11) is 2.85. The van der Waals surface area contributed by atoms with Gasteiger partial charge >= 0.3 is 5.97 Å². The van der Waals surface area contributed by atoms with Crippen molar-refractivity contribution in [1.29, 1.82) is 0 Å². The van der Waals surface area contributed by atoms with Crippen LogP contribution in [0.4, 0.5) is 0 Å². The predicted molar refractivity (Wildman–Crippen MR) is 75.8 cm³/mol. The predicted octanol–water partition coefficient (Wildman–Crippen LogP) is 2.16. The Labute approximate surface area is 119 Å². The number of ether oxygens (including phenoxy) is 2. The molecule has 5 heteroatoms. The minimum Gasteiger partial charge on any atom is -0.497 e. The highest BCUT2D eigenvalue weighted by Crippen LogP contribution is 2.17. The van der Waals surface area contributed by atoms with Crippen LogP contribution < -0.4 is 10.1 Å². The number of amides is 1. The molecule has 0 bridgehead atoms. The molecule has 1 unspecified atom stereocenters. The van der Waals surface area contributed by atoms with Crippen molar-refractivity contribution in [1.82, 2.24) is 5.32 Å². The van der Waals surface area contributed by atoms with E-state index in [0.717, 1.165) is 6.42 Å². The molecule has 0 aliphatic rings. The second-order valence-electron chi connectivity index (χ2n) is 4.76. The molecule has 1 aromatic carbocycles. The molecule has 1 atom stereocenters. The summed E-state index contributed by atoms with van der Waals surface area (Å²) in [6, 6.07) is 6.77. The first-order chi connectivity index (χ1) is 9.46. The van der Waals surface area contributed by atoms with E-state index in [1.54, 1.807) is 31.2 Å². The summed E-state index contributed by atoms with van der Waals surface area (Å²) >= 11 is 0. The summed E-state index contributed by atoms with van der Waals surface area (Å²) in [5, 5.41) is 2.74. The van der Waals surface area contributed by atoms with Gasteiger partial charge < -0.3 is 14.8 Å². The molecule has 1 amide bonds. The van der Waals surface area contributed by atoms with Gasteiger partial charge in [0.15, 0.2) is 0 Å². The summed E-state index contributed by atoms with van der Waals surface area (Å²) in [6.07, 6.45) is 1.26. The van der Waals surface area contributed by atoms with Crippen LogP contribution in [0.2, 0.25) is 0 Å². The van der Waals surface area contributed by atoms with Crippen LogP contribution in [0, 0.1) is 0 Å². The van der Waals surface area contributed by atoms with Gasteiger partial charge in [0.25, 0.3) is 5.91 Å².